The molecular weight excluding hydrogens is 231 g/mol. The van der Waals surface area contributed by atoms with Crippen LogP contribution in [0.1, 0.15) is 15.9 Å². The molecule has 0 atom stereocenters. The Balaban J connectivity index is 2.86. The van der Waals surface area contributed by atoms with Gasteiger partial charge in [-0.1, -0.05) is 11.8 Å². The van der Waals surface area contributed by atoms with Gasteiger partial charge in [0.2, 0.25) is 5.91 Å². The first kappa shape index (κ1) is 12.3. The number of rotatable bonds is 3. The summed E-state index contributed by atoms with van der Waals surface area (Å²) in [5.74, 6) is 4.13. The Morgan fingerprint density at radius 2 is 2.12 bits per heavy atom. The van der Waals surface area contributed by atoms with Crippen LogP contribution in [0.5, 0.6) is 0 Å². The second kappa shape index (κ2) is 5.36. The minimum absolute atomic E-state index is 0.142. The SMILES string of the molecule is NN=C(N)SCc1cc(C(N)=O)ccc1F. The van der Waals surface area contributed by atoms with E-state index in [2.05, 4.69) is 5.10 Å². The first-order valence-electron chi connectivity index (χ1n) is 4.29. The van der Waals surface area contributed by atoms with Gasteiger partial charge in [0, 0.05) is 11.3 Å². The maximum Gasteiger partial charge on any atom is 0.248 e. The van der Waals surface area contributed by atoms with Gasteiger partial charge in [0.15, 0.2) is 5.17 Å². The second-order valence-electron chi connectivity index (χ2n) is 2.93. The van der Waals surface area contributed by atoms with Gasteiger partial charge in [0.1, 0.15) is 5.82 Å². The fourth-order valence-electron chi connectivity index (χ4n) is 1.03. The van der Waals surface area contributed by atoms with E-state index in [1.807, 2.05) is 0 Å². The molecule has 0 spiro atoms. The largest absolute Gasteiger partial charge is 0.377 e. The summed E-state index contributed by atoms with van der Waals surface area (Å²) >= 11 is 1.07. The van der Waals surface area contributed by atoms with Gasteiger partial charge in [-0.15, -0.1) is 0 Å². The van der Waals surface area contributed by atoms with Crippen LogP contribution >= 0.6 is 11.8 Å². The van der Waals surface area contributed by atoms with Crippen molar-refractivity contribution >= 4 is 22.8 Å². The van der Waals surface area contributed by atoms with Gasteiger partial charge >= 0.3 is 0 Å². The molecule has 0 aliphatic rings. The van der Waals surface area contributed by atoms with Gasteiger partial charge in [0.05, 0.1) is 0 Å². The predicted octanol–water partition coefficient (Wildman–Crippen LogP) is 0.346. The number of hydrazone groups is 1. The molecular formula is C9H11FN4OS. The predicted molar refractivity (Wildman–Crippen MR) is 62.0 cm³/mol. The number of carbonyl (C=O) groups is 1. The normalized spacial score (nSPS) is 11.4. The van der Waals surface area contributed by atoms with Gasteiger partial charge in [-0.25, -0.2) is 4.39 Å². The van der Waals surface area contributed by atoms with Crippen molar-refractivity contribution in [2.45, 2.75) is 5.75 Å². The number of amides is 1. The Morgan fingerprint density at radius 3 is 2.69 bits per heavy atom. The summed E-state index contributed by atoms with van der Waals surface area (Å²) in [4.78, 5) is 10.9. The van der Waals surface area contributed by atoms with Crippen LogP contribution in [0.25, 0.3) is 0 Å². The lowest BCUT2D eigenvalue weighted by molar-refractivity contribution is 0.1000. The summed E-state index contributed by atoms with van der Waals surface area (Å²) in [6, 6.07) is 3.90. The molecule has 7 heteroatoms. The smallest absolute Gasteiger partial charge is 0.248 e. The van der Waals surface area contributed by atoms with E-state index >= 15 is 0 Å². The topological polar surface area (TPSA) is 107 Å². The number of amidine groups is 1. The van der Waals surface area contributed by atoms with E-state index in [4.69, 9.17) is 17.3 Å². The van der Waals surface area contributed by atoms with E-state index in [0.29, 0.717) is 5.56 Å². The van der Waals surface area contributed by atoms with E-state index in [0.717, 1.165) is 11.8 Å². The zero-order valence-corrected chi connectivity index (χ0v) is 9.13. The lowest BCUT2D eigenvalue weighted by Crippen LogP contribution is -2.12. The molecule has 0 radical (unpaired) electrons. The molecule has 0 fully saturated rings. The van der Waals surface area contributed by atoms with Crippen LogP contribution in [0.2, 0.25) is 0 Å². The number of hydrogen-bond donors (Lipinski definition) is 3. The number of hydrogen-bond acceptors (Lipinski definition) is 4. The number of benzene rings is 1. The molecule has 0 saturated carbocycles. The van der Waals surface area contributed by atoms with E-state index in [9.17, 15) is 9.18 Å². The molecule has 1 aromatic carbocycles. The molecule has 0 bridgehead atoms. The maximum atomic E-state index is 13.3. The molecule has 0 heterocycles. The molecule has 1 rings (SSSR count). The maximum absolute atomic E-state index is 13.3. The third-order valence-corrected chi connectivity index (χ3v) is 2.69. The van der Waals surface area contributed by atoms with Crippen molar-refractivity contribution < 1.29 is 9.18 Å². The van der Waals surface area contributed by atoms with Gasteiger partial charge < -0.3 is 17.3 Å². The van der Waals surface area contributed by atoms with Gasteiger partial charge in [-0.2, -0.15) is 5.10 Å². The van der Waals surface area contributed by atoms with Crippen molar-refractivity contribution in [3.8, 4) is 0 Å². The zero-order valence-electron chi connectivity index (χ0n) is 8.31. The molecule has 0 aliphatic carbocycles. The van der Waals surface area contributed by atoms with Crippen molar-refractivity contribution in [2.75, 3.05) is 0 Å². The van der Waals surface area contributed by atoms with Crippen LogP contribution in [-0.2, 0) is 5.75 Å². The highest BCUT2D eigenvalue weighted by molar-refractivity contribution is 8.13. The lowest BCUT2D eigenvalue weighted by atomic mass is 10.1. The third kappa shape index (κ3) is 3.13. The highest BCUT2D eigenvalue weighted by Gasteiger charge is 2.07. The number of halogens is 1. The first-order valence-corrected chi connectivity index (χ1v) is 5.27. The Hall–Kier alpha value is -1.76. The zero-order chi connectivity index (χ0) is 12.1. The summed E-state index contributed by atoms with van der Waals surface area (Å²) in [5.41, 5.74) is 11.0. The van der Waals surface area contributed by atoms with E-state index < -0.39 is 11.7 Å². The summed E-state index contributed by atoms with van der Waals surface area (Å²) in [6.07, 6.45) is 0. The molecule has 0 aliphatic heterocycles. The number of nitrogens with zero attached hydrogens (tertiary/aromatic N) is 1. The molecule has 86 valence electrons. The Labute approximate surface area is 95.9 Å². The van der Waals surface area contributed by atoms with Crippen molar-refractivity contribution in [1.29, 1.82) is 0 Å². The highest BCUT2D eigenvalue weighted by Crippen LogP contribution is 2.17. The monoisotopic (exact) mass is 242 g/mol. The fourth-order valence-corrected chi connectivity index (χ4v) is 1.63. The molecule has 5 nitrogen and oxygen atoms in total. The molecule has 0 unspecified atom stereocenters. The van der Waals surface area contributed by atoms with Crippen molar-refractivity contribution in [3.63, 3.8) is 0 Å². The van der Waals surface area contributed by atoms with Crippen molar-refractivity contribution in [2.24, 2.45) is 22.4 Å². The minimum atomic E-state index is -0.605. The van der Waals surface area contributed by atoms with Crippen LogP contribution in [0.15, 0.2) is 23.3 Å². The second-order valence-corrected chi connectivity index (χ2v) is 3.92. The minimum Gasteiger partial charge on any atom is -0.377 e. The average molecular weight is 242 g/mol. The van der Waals surface area contributed by atoms with Gasteiger partial charge in [-0.05, 0) is 23.8 Å². The van der Waals surface area contributed by atoms with Gasteiger partial charge in [0.25, 0.3) is 0 Å². The van der Waals surface area contributed by atoms with Crippen LogP contribution in [-0.4, -0.2) is 11.1 Å². The third-order valence-electron chi connectivity index (χ3n) is 1.83. The van der Waals surface area contributed by atoms with E-state index in [-0.39, 0.29) is 16.5 Å². The molecule has 16 heavy (non-hydrogen) atoms. The van der Waals surface area contributed by atoms with Crippen LogP contribution in [0.4, 0.5) is 4.39 Å². The van der Waals surface area contributed by atoms with E-state index in [1.165, 1.54) is 18.2 Å². The highest BCUT2D eigenvalue weighted by atomic mass is 32.2. The van der Waals surface area contributed by atoms with Crippen LogP contribution in [0, 0.1) is 5.82 Å². The Morgan fingerprint density at radius 1 is 1.44 bits per heavy atom. The van der Waals surface area contributed by atoms with Gasteiger partial charge in [-0.3, -0.25) is 4.79 Å². The quantitative estimate of drug-likeness (QED) is 0.307. The summed E-state index contributed by atoms with van der Waals surface area (Å²) in [6.45, 7) is 0. The van der Waals surface area contributed by atoms with Crippen molar-refractivity contribution in [3.05, 3.63) is 35.1 Å². The van der Waals surface area contributed by atoms with Crippen LogP contribution in [0.3, 0.4) is 0 Å². The Bertz CT molecular complexity index is 436. The molecule has 6 N–H and O–H groups in total. The number of carbonyl (C=O) groups excluding carboxylic acids is 1. The first-order chi connectivity index (χ1) is 7.54. The van der Waals surface area contributed by atoms with Crippen molar-refractivity contribution in [1.82, 2.24) is 0 Å². The van der Waals surface area contributed by atoms with E-state index in [1.54, 1.807) is 0 Å². The lowest BCUT2D eigenvalue weighted by Gasteiger charge is -2.04. The summed E-state index contributed by atoms with van der Waals surface area (Å²) in [7, 11) is 0. The summed E-state index contributed by atoms with van der Waals surface area (Å²) in [5, 5.41) is 3.38. The molecule has 0 saturated heterocycles. The number of thioether (sulfide) groups is 1. The molecule has 1 aromatic rings. The standard InChI is InChI=1S/C9H11FN4OS/c10-7-2-1-5(8(11)15)3-6(7)4-16-9(12)14-13/h1-3H,4,13H2,(H2,11,15)(H2,12,14). The van der Waals surface area contributed by atoms with Crippen LogP contribution < -0.4 is 17.3 Å². The fraction of sp³-hybridized carbons (Fsp3) is 0.111. The number of nitrogens with two attached hydrogens (primary N) is 3. The molecule has 0 aromatic heterocycles. The average Bonchev–Trinajstić information content (AvgIpc) is 2.27. The summed E-state index contributed by atoms with van der Waals surface area (Å²) < 4.78 is 13.3. The number of primary amides is 1. The molecule has 1 amide bonds. The Kier molecular flexibility index (Phi) is 4.12.